The Morgan fingerprint density at radius 1 is 1.47 bits per heavy atom. The molecule has 1 heterocycles. The zero-order valence-corrected chi connectivity index (χ0v) is 10.1. The monoisotopic (exact) mass is 254 g/mol. The number of primary amides is 1. The molecule has 17 heavy (non-hydrogen) atoms. The van der Waals surface area contributed by atoms with Crippen LogP contribution in [0.1, 0.15) is 5.56 Å². The number of ether oxygens (including phenoxy) is 1. The largest absolute Gasteiger partial charge is 0.367 e. The maximum absolute atomic E-state index is 10.9. The summed E-state index contributed by atoms with van der Waals surface area (Å²) in [5.74, 6) is -0.414. The lowest BCUT2D eigenvalue weighted by Gasteiger charge is -2.28. The van der Waals surface area contributed by atoms with Crippen molar-refractivity contribution < 1.29 is 9.53 Å². The molecule has 2 atom stereocenters. The summed E-state index contributed by atoms with van der Waals surface area (Å²) in [7, 11) is 0. The molecule has 0 aliphatic carbocycles. The first-order chi connectivity index (χ1) is 8.15. The van der Waals surface area contributed by atoms with Crippen LogP contribution in [-0.4, -0.2) is 31.2 Å². The SMILES string of the molecule is NC(=O)[C@H]1CN[C@@H](Cc2ccc(Cl)cc2)CO1. The number of morpholine rings is 1. The lowest BCUT2D eigenvalue weighted by Crippen LogP contribution is -2.51. The van der Waals surface area contributed by atoms with E-state index in [1.807, 2.05) is 24.3 Å². The Morgan fingerprint density at radius 2 is 2.18 bits per heavy atom. The highest BCUT2D eigenvalue weighted by atomic mass is 35.5. The number of carbonyl (C=O) groups is 1. The van der Waals surface area contributed by atoms with Crippen LogP contribution in [0.3, 0.4) is 0 Å². The number of rotatable bonds is 3. The van der Waals surface area contributed by atoms with Crippen LogP contribution in [-0.2, 0) is 16.0 Å². The molecule has 1 aromatic carbocycles. The summed E-state index contributed by atoms with van der Waals surface area (Å²) in [5, 5.41) is 3.99. The van der Waals surface area contributed by atoms with Crippen molar-refractivity contribution >= 4 is 17.5 Å². The van der Waals surface area contributed by atoms with Gasteiger partial charge in [-0.15, -0.1) is 0 Å². The first-order valence-electron chi connectivity index (χ1n) is 5.54. The second kappa shape index (κ2) is 5.49. The van der Waals surface area contributed by atoms with Gasteiger partial charge in [-0.1, -0.05) is 23.7 Å². The number of hydrogen-bond acceptors (Lipinski definition) is 3. The minimum atomic E-state index is -0.503. The van der Waals surface area contributed by atoms with E-state index in [1.165, 1.54) is 5.56 Å². The second-order valence-corrected chi connectivity index (χ2v) is 4.60. The molecule has 5 heteroatoms. The van der Waals surface area contributed by atoms with Crippen molar-refractivity contribution in [1.29, 1.82) is 0 Å². The molecule has 0 saturated carbocycles. The van der Waals surface area contributed by atoms with E-state index in [2.05, 4.69) is 5.32 Å². The quantitative estimate of drug-likeness (QED) is 0.836. The van der Waals surface area contributed by atoms with Crippen LogP contribution >= 0.6 is 11.6 Å². The van der Waals surface area contributed by atoms with Crippen molar-refractivity contribution in [3.8, 4) is 0 Å². The first kappa shape index (κ1) is 12.4. The molecule has 1 aliphatic rings. The normalized spacial score (nSPS) is 24.5. The molecular formula is C12H15ClN2O2. The van der Waals surface area contributed by atoms with Crippen LogP contribution in [0, 0.1) is 0 Å². The minimum absolute atomic E-state index is 0.215. The molecule has 0 unspecified atom stereocenters. The van der Waals surface area contributed by atoms with Gasteiger partial charge in [-0.3, -0.25) is 4.79 Å². The molecule has 0 spiro atoms. The molecule has 1 aliphatic heterocycles. The number of nitrogens with one attached hydrogen (secondary N) is 1. The molecule has 92 valence electrons. The van der Waals surface area contributed by atoms with Crippen LogP contribution in [0.15, 0.2) is 24.3 Å². The Bertz CT molecular complexity index is 386. The van der Waals surface area contributed by atoms with Crippen molar-refractivity contribution in [3.63, 3.8) is 0 Å². The van der Waals surface area contributed by atoms with Gasteiger partial charge in [0.15, 0.2) is 0 Å². The maximum Gasteiger partial charge on any atom is 0.247 e. The highest BCUT2D eigenvalue weighted by Gasteiger charge is 2.24. The summed E-state index contributed by atoms with van der Waals surface area (Å²) >= 11 is 5.82. The summed E-state index contributed by atoms with van der Waals surface area (Å²) in [6.07, 6.45) is 0.347. The van der Waals surface area contributed by atoms with Crippen molar-refractivity contribution in [3.05, 3.63) is 34.9 Å². The Labute approximate surface area is 105 Å². The molecule has 2 rings (SSSR count). The van der Waals surface area contributed by atoms with Crippen molar-refractivity contribution in [2.45, 2.75) is 18.6 Å². The Hall–Kier alpha value is -1.10. The van der Waals surface area contributed by atoms with E-state index in [-0.39, 0.29) is 6.04 Å². The number of amides is 1. The number of halogens is 1. The fourth-order valence-corrected chi connectivity index (χ4v) is 1.97. The minimum Gasteiger partial charge on any atom is -0.367 e. The van der Waals surface area contributed by atoms with Crippen LogP contribution < -0.4 is 11.1 Å². The van der Waals surface area contributed by atoms with Crippen LogP contribution in [0.2, 0.25) is 5.02 Å². The van der Waals surface area contributed by atoms with Gasteiger partial charge in [-0.05, 0) is 24.1 Å². The van der Waals surface area contributed by atoms with Gasteiger partial charge in [0.25, 0.3) is 0 Å². The van der Waals surface area contributed by atoms with E-state index in [4.69, 9.17) is 22.1 Å². The van der Waals surface area contributed by atoms with E-state index in [0.29, 0.717) is 13.2 Å². The highest BCUT2D eigenvalue weighted by molar-refractivity contribution is 6.30. The van der Waals surface area contributed by atoms with Gasteiger partial charge in [-0.25, -0.2) is 0 Å². The van der Waals surface area contributed by atoms with Gasteiger partial charge >= 0.3 is 0 Å². The van der Waals surface area contributed by atoms with Gasteiger partial charge in [-0.2, -0.15) is 0 Å². The summed E-state index contributed by atoms with van der Waals surface area (Å²) in [6, 6.07) is 7.93. The summed E-state index contributed by atoms with van der Waals surface area (Å²) in [4.78, 5) is 10.9. The third-order valence-electron chi connectivity index (χ3n) is 2.80. The molecule has 0 radical (unpaired) electrons. The lowest BCUT2D eigenvalue weighted by molar-refractivity contribution is -0.132. The number of carbonyl (C=O) groups excluding carboxylic acids is 1. The fourth-order valence-electron chi connectivity index (χ4n) is 1.84. The Balaban J connectivity index is 1.85. The van der Waals surface area contributed by atoms with E-state index in [9.17, 15) is 4.79 Å². The smallest absolute Gasteiger partial charge is 0.247 e. The average molecular weight is 255 g/mol. The van der Waals surface area contributed by atoms with Crippen molar-refractivity contribution in [2.24, 2.45) is 5.73 Å². The molecule has 0 aromatic heterocycles. The summed E-state index contributed by atoms with van der Waals surface area (Å²) in [5.41, 5.74) is 6.35. The summed E-state index contributed by atoms with van der Waals surface area (Å²) < 4.78 is 5.38. The Kier molecular flexibility index (Phi) is 3.99. The van der Waals surface area contributed by atoms with Crippen molar-refractivity contribution in [1.82, 2.24) is 5.32 Å². The molecule has 1 amide bonds. The number of hydrogen-bond donors (Lipinski definition) is 2. The molecular weight excluding hydrogens is 240 g/mol. The van der Waals surface area contributed by atoms with E-state index >= 15 is 0 Å². The predicted molar refractivity (Wildman–Crippen MR) is 65.9 cm³/mol. The first-order valence-corrected chi connectivity index (χ1v) is 5.91. The number of nitrogens with two attached hydrogens (primary N) is 1. The molecule has 1 fully saturated rings. The third kappa shape index (κ3) is 3.43. The fraction of sp³-hybridized carbons (Fsp3) is 0.417. The molecule has 0 bridgehead atoms. The zero-order valence-electron chi connectivity index (χ0n) is 9.36. The Morgan fingerprint density at radius 3 is 2.71 bits per heavy atom. The summed E-state index contributed by atoms with van der Waals surface area (Å²) in [6.45, 7) is 0.976. The molecule has 1 aromatic rings. The van der Waals surface area contributed by atoms with E-state index < -0.39 is 12.0 Å². The molecule has 3 N–H and O–H groups in total. The molecule has 1 saturated heterocycles. The van der Waals surface area contributed by atoms with Gasteiger partial charge in [0, 0.05) is 17.6 Å². The standard InChI is InChI=1S/C12H15ClN2O2/c13-9-3-1-8(2-4-9)5-10-7-17-11(6-15-10)12(14)16/h1-4,10-11,15H,5-7H2,(H2,14,16)/t10-,11+/m0/s1. The lowest BCUT2D eigenvalue weighted by atomic mass is 10.1. The van der Waals surface area contributed by atoms with Gasteiger partial charge in [0.1, 0.15) is 6.10 Å². The average Bonchev–Trinajstić information content (AvgIpc) is 2.33. The van der Waals surface area contributed by atoms with Crippen LogP contribution in [0.4, 0.5) is 0 Å². The van der Waals surface area contributed by atoms with E-state index in [0.717, 1.165) is 11.4 Å². The zero-order chi connectivity index (χ0) is 12.3. The van der Waals surface area contributed by atoms with Gasteiger partial charge < -0.3 is 15.8 Å². The molecule has 4 nitrogen and oxygen atoms in total. The van der Waals surface area contributed by atoms with Crippen molar-refractivity contribution in [2.75, 3.05) is 13.2 Å². The second-order valence-electron chi connectivity index (χ2n) is 4.16. The number of benzene rings is 1. The third-order valence-corrected chi connectivity index (χ3v) is 3.06. The van der Waals surface area contributed by atoms with E-state index in [1.54, 1.807) is 0 Å². The van der Waals surface area contributed by atoms with Crippen LogP contribution in [0.25, 0.3) is 0 Å². The van der Waals surface area contributed by atoms with Gasteiger partial charge in [0.2, 0.25) is 5.91 Å². The van der Waals surface area contributed by atoms with Crippen LogP contribution in [0.5, 0.6) is 0 Å². The topological polar surface area (TPSA) is 64.4 Å². The van der Waals surface area contributed by atoms with Gasteiger partial charge in [0.05, 0.1) is 6.61 Å². The maximum atomic E-state index is 10.9. The highest BCUT2D eigenvalue weighted by Crippen LogP contribution is 2.12. The predicted octanol–water partition coefficient (Wildman–Crippen LogP) is 0.725.